The molecule has 0 saturated heterocycles. The Morgan fingerprint density at radius 2 is 0.470 bits per heavy atom. The molecule has 19 aromatic rings. The summed E-state index contributed by atoms with van der Waals surface area (Å²) in [6.45, 7) is 0. The van der Waals surface area contributed by atoms with Crippen LogP contribution in [0.5, 0.6) is 0 Å². The van der Waals surface area contributed by atoms with Gasteiger partial charge >= 0.3 is 0 Å². The average Bonchev–Trinajstić information content (AvgIpc) is 1.50. The zero-order chi connectivity index (χ0) is 66.0. The van der Waals surface area contributed by atoms with Gasteiger partial charge in [-0.1, -0.05) is 291 Å². The van der Waals surface area contributed by atoms with E-state index in [9.17, 15) is 10.5 Å². The summed E-state index contributed by atoms with van der Waals surface area (Å²) in [5.41, 5.74) is 23.1. The molecule has 0 fully saturated rings. The quantitative estimate of drug-likeness (QED) is 0.152. The Hall–Kier alpha value is -13.5. The molecule has 4 heterocycles. The molecule has 15 aromatic carbocycles. The van der Waals surface area contributed by atoms with E-state index in [0.29, 0.717) is 33.9 Å². The van der Waals surface area contributed by atoms with Crippen LogP contribution in [0.3, 0.4) is 0 Å². The van der Waals surface area contributed by atoms with Gasteiger partial charge in [0.05, 0.1) is 77.7 Å². The SMILES string of the molecule is N#Cc1c(-n2c3ccccc3c3ccccc32)c(C#N)c(-n2c3ccccc3c3c4c(ccc32)C(c2ccccc2)(c2ccccc2)c2ccccc2-4)c(-n2c3ccccc3c3ccccc32)c1-n1c2ccccc2c2c3c(ccc21)C(c1ccccc1)(c1ccccc1)c1ccccc1-3. The number of hydrogen-bond acceptors (Lipinski definition) is 2. The van der Waals surface area contributed by atoms with E-state index >= 15 is 0 Å². The Morgan fingerprint density at radius 3 is 0.800 bits per heavy atom. The topological polar surface area (TPSA) is 67.3 Å². The van der Waals surface area contributed by atoms with Crippen molar-refractivity contribution < 1.29 is 0 Å². The third kappa shape index (κ3) is 7.07. The number of aromatic nitrogens is 4. The summed E-state index contributed by atoms with van der Waals surface area (Å²) < 4.78 is 9.39. The maximum absolute atomic E-state index is 13.2. The summed E-state index contributed by atoms with van der Waals surface area (Å²) in [5.74, 6) is 0. The van der Waals surface area contributed by atoms with E-state index in [1.54, 1.807) is 0 Å². The zero-order valence-electron chi connectivity index (χ0n) is 54.0. The van der Waals surface area contributed by atoms with E-state index in [4.69, 9.17) is 0 Å². The lowest BCUT2D eigenvalue weighted by atomic mass is 9.67. The number of rotatable bonds is 8. The van der Waals surface area contributed by atoms with Crippen LogP contribution in [0, 0.1) is 22.7 Å². The first-order valence-electron chi connectivity index (χ1n) is 34.2. The summed E-state index contributed by atoms with van der Waals surface area (Å²) in [6.07, 6.45) is 0. The molecule has 0 unspecified atom stereocenters. The summed E-state index contributed by atoms with van der Waals surface area (Å²) >= 11 is 0. The first-order chi connectivity index (χ1) is 49.6. The maximum atomic E-state index is 13.2. The molecular formula is C94H56N6. The average molecular weight is 1270 g/mol. The van der Waals surface area contributed by atoms with Crippen LogP contribution in [-0.4, -0.2) is 18.3 Å². The van der Waals surface area contributed by atoms with Gasteiger partial charge in [-0.05, 0) is 115 Å². The second-order valence-electron chi connectivity index (χ2n) is 26.6. The highest BCUT2D eigenvalue weighted by Gasteiger charge is 2.49. The Labute approximate surface area is 575 Å². The minimum absolute atomic E-state index is 0.348. The van der Waals surface area contributed by atoms with Gasteiger partial charge in [0.1, 0.15) is 23.3 Å². The van der Waals surface area contributed by atoms with E-state index < -0.39 is 10.8 Å². The summed E-state index contributed by atoms with van der Waals surface area (Å²) in [5, 5.41) is 34.6. The predicted molar refractivity (Wildman–Crippen MR) is 408 cm³/mol. The number of fused-ring (bicyclic) bond motifs is 20. The molecule has 4 aromatic heterocycles. The summed E-state index contributed by atoms with van der Waals surface area (Å²) in [7, 11) is 0. The van der Waals surface area contributed by atoms with Crippen LogP contribution in [0.25, 0.3) is 132 Å². The van der Waals surface area contributed by atoms with Gasteiger partial charge in [-0.15, -0.1) is 0 Å². The lowest BCUT2D eigenvalue weighted by Crippen LogP contribution is -2.28. The molecule has 6 nitrogen and oxygen atoms in total. The first-order valence-corrected chi connectivity index (χ1v) is 34.2. The van der Waals surface area contributed by atoms with Gasteiger partial charge < -0.3 is 18.3 Å². The number of nitriles is 2. The highest BCUT2D eigenvalue weighted by molar-refractivity contribution is 6.22. The van der Waals surface area contributed by atoms with Crippen molar-refractivity contribution in [3.05, 3.63) is 395 Å². The molecule has 2 aliphatic carbocycles. The van der Waals surface area contributed by atoms with Crippen LogP contribution >= 0.6 is 0 Å². The van der Waals surface area contributed by atoms with Crippen molar-refractivity contribution >= 4 is 87.2 Å². The Morgan fingerprint density at radius 1 is 0.210 bits per heavy atom. The fraction of sp³-hybridized carbons (Fsp3) is 0.0213. The highest BCUT2D eigenvalue weighted by atomic mass is 15.1. The van der Waals surface area contributed by atoms with Gasteiger partial charge in [0.2, 0.25) is 0 Å². The fourth-order valence-electron chi connectivity index (χ4n) is 18.6. The number of nitrogens with zero attached hydrogens (tertiary/aromatic N) is 6. The standard InChI is InChI=1S/C94H56N6/c95-57-71-89(97-77-47-23-15-37-63(77)64-38-16-24-48-78(64)97)72(58-96)91(100-82-52-28-20-44-70(82)88-84(100)56-54-76-86(88)68-42-14-22-46-74(68)94(76,61-33-9-3-10-34-61)62-35-11-4-12-36-62)92(98-79-49-25-17-39-65(79)66-40-18-26-50-80(66)98)90(71)99-81-51-27-19-43-69(81)87-83(99)55-53-75-85(87)67-41-13-21-45-73(67)93(75,59-29-5-1-6-30-59)60-31-7-2-8-32-60/h1-56H. The van der Waals surface area contributed by atoms with Crippen LogP contribution in [0.2, 0.25) is 0 Å². The summed E-state index contributed by atoms with van der Waals surface area (Å²) in [6, 6.07) is 129. The molecule has 2 aliphatic rings. The van der Waals surface area contributed by atoms with Crippen molar-refractivity contribution in [2.45, 2.75) is 10.8 Å². The molecule has 0 amide bonds. The van der Waals surface area contributed by atoms with E-state index in [1.807, 2.05) is 0 Å². The second-order valence-corrected chi connectivity index (χ2v) is 26.6. The van der Waals surface area contributed by atoms with Crippen molar-refractivity contribution in [2.75, 3.05) is 0 Å². The third-order valence-corrected chi connectivity index (χ3v) is 22.2. The van der Waals surface area contributed by atoms with Crippen molar-refractivity contribution in [1.29, 1.82) is 10.5 Å². The second kappa shape index (κ2) is 21.0. The van der Waals surface area contributed by atoms with E-state index in [0.717, 1.165) is 109 Å². The van der Waals surface area contributed by atoms with E-state index in [1.165, 1.54) is 44.5 Å². The van der Waals surface area contributed by atoms with E-state index in [2.05, 4.69) is 370 Å². The summed E-state index contributed by atoms with van der Waals surface area (Å²) in [4.78, 5) is 0. The third-order valence-electron chi connectivity index (χ3n) is 22.2. The molecule has 0 saturated carbocycles. The fourth-order valence-corrected chi connectivity index (χ4v) is 18.6. The van der Waals surface area contributed by atoms with Gasteiger partial charge in [-0.2, -0.15) is 10.5 Å². The Bertz CT molecular complexity index is 6310. The lowest BCUT2D eigenvalue weighted by Gasteiger charge is -2.34. The normalized spacial score (nSPS) is 13.3. The van der Waals surface area contributed by atoms with Crippen molar-refractivity contribution in [2.24, 2.45) is 0 Å². The molecule has 0 atom stereocenters. The maximum Gasteiger partial charge on any atom is 0.104 e. The van der Waals surface area contributed by atoms with Gasteiger partial charge in [0, 0.05) is 43.1 Å². The van der Waals surface area contributed by atoms with E-state index in [-0.39, 0.29) is 0 Å². The molecule has 0 spiro atoms. The Kier molecular flexibility index (Phi) is 11.7. The van der Waals surface area contributed by atoms with Crippen LogP contribution in [-0.2, 0) is 10.8 Å². The molecule has 0 bridgehead atoms. The van der Waals surface area contributed by atoms with Gasteiger partial charge in [0.15, 0.2) is 0 Å². The van der Waals surface area contributed by atoms with Crippen LogP contribution < -0.4 is 0 Å². The Balaban J connectivity index is 1.01. The predicted octanol–water partition coefficient (Wildman–Crippen LogP) is 22.5. The molecular weight excluding hydrogens is 1210 g/mol. The number of para-hydroxylation sites is 6. The van der Waals surface area contributed by atoms with Crippen molar-refractivity contribution in [3.63, 3.8) is 0 Å². The van der Waals surface area contributed by atoms with Crippen LogP contribution in [0.15, 0.2) is 340 Å². The van der Waals surface area contributed by atoms with Gasteiger partial charge in [0.25, 0.3) is 0 Å². The molecule has 100 heavy (non-hydrogen) atoms. The zero-order valence-corrected chi connectivity index (χ0v) is 54.0. The first kappa shape index (κ1) is 55.7. The largest absolute Gasteiger partial charge is 0.306 e. The number of hydrogen-bond donors (Lipinski definition) is 0. The van der Waals surface area contributed by atoms with Crippen LogP contribution in [0.4, 0.5) is 0 Å². The molecule has 6 heteroatoms. The smallest absolute Gasteiger partial charge is 0.104 e. The van der Waals surface area contributed by atoms with Crippen molar-refractivity contribution in [3.8, 4) is 57.1 Å². The molecule has 0 aliphatic heterocycles. The molecule has 0 radical (unpaired) electrons. The lowest BCUT2D eigenvalue weighted by molar-refractivity contribution is 0.769. The highest BCUT2D eigenvalue weighted by Crippen LogP contribution is 2.62. The van der Waals surface area contributed by atoms with Crippen molar-refractivity contribution in [1.82, 2.24) is 18.3 Å². The molecule has 462 valence electrons. The minimum atomic E-state index is -0.692. The van der Waals surface area contributed by atoms with Gasteiger partial charge in [-0.25, -0.2) is 0 Å². The molecule has 21 rings (SSSR count). The minimum Gasteiger partial charge on any atom is -0.306 e. The van der Waals surface area contributed by atoms with Gasteiger partial charge in [-0.3, -0.25) is 0 Å². The monoisotopic (exact) mass is 1270 g/mol. The van der Waals surface area contributed by atoms with Crippen LogP contribution in [0.1, 0.15) is 55.6 Å². The number of benzene rings is 15. The molecule has 0 N–H and O–H groups in total.